The maximum Gasteiger partial charge on any atom is 0.216 e. The lowest BCUT2D eigenvalue weighted by Gasteiger charge is -2.19. The van der Waals surface area contributed by atoms with Gasteiger partial charge in [-0.2, -0.15) is 0 Å². The second-order valence-electron chi connectivity index (χ2n) is 3.91. The summed E-state index contributed by atoms with van der Waals surface area (Å²) in [5.41, 5.74) is 0.568. The lowest BCUT2D eigenvalue weighted by molar-refractivity contribution is -0.119. The van der Waals surface area contributed by atoms with Gasteiger partial charge in [0, 0.05) is 37.0 Å². The molecule has 0 saturated carbocycles. The summed E-state index contributed by atoms with van der Waals surface area (Å²) in [7, 11) is 0. The lowest BCUT2D eigenvalue weighted by atomic mass is 10.00. The normalized spacial score (nSPS) is 13.7. The van der Waals surface area contributed by atoms with Crippen LogP contribution in [0.1, 0.15) is 35.4 Å². The van der Waals surface area contributed by atoms with Gasteiger partial charge in [-0.1, -0.05) is 0 Å². The Bertz CT molecular complexity index is 422. The zero-order valence-electron chi connectivity index (χ0n) is 10.0. The van der Waals surface area contributed by atoms with Crippen molar-refractivity contribution in [1.82, 2.24) is 10.3 Å². The van der Waals surface area contributed by atoms with Gasteiger partial charge in [0.1, 0.15) is 6.10 Å². The van der Waals surface area contributed by atoms with E-state index < -0.39 is 12.2 Å². The first-order valence-corrected chi connectivity index (χ1v) is 5.56. The Kier molecular flexibility index (Phi) is 5.41. The predicted octanol–water partition coefficient (Wildman–Crippen LogP) is -0.185. The Morgan fingerprint density at radius 2 is 2.28 bits per heavy atom. The van der Waals surface area contributed by atoms with E-state index in [-0.39, 0.29) is 30.0 Å². The predicted molar refractivity (Wildman–Crippen MR) is 63.9 cm³/mol. The molecule has 1 amide bonds. The number of carbonyl (C=O) groups excluding carboxylic acids is 2. The van der Waals surface area contributed by atoms with Gasteiger partial charge in [-0.3, -0.25) is 14.6 Å². The SMILES string of the molecule is CC(=O)NCCC(O)C(O)c1cnccc1C=O. The summed E-state index contributed by atoms with van der Waals surface area (Å²) in [6.45, 7) is 1.62. The molecule has 1 aromatic rings. The molecule has 3 N–H and O–H groups in total. The monoisotopic (exact) mass is 252 g/mol. The summed E-state index contributed by atoms with van der Waals surface area (Å²) in [6.07, 6.45) is 1.29. The second kappa shape index (κ2) is 6.83. The van der Waals surface area contributed by atoms with Crippen LogP contribution in [-0.2, 0) is 4.79 Å². The second-order valence-corrected chi connectivity index (χ2v) is 3.91. The number of nitrogens with zero attached hydrogens (tertiary/aromatic N) is 1. The molecule has 0 spiro atoms. The molecular formula is C12H16N2O4. The molecule has 1 heterocycles. The van der Waals surface area contributed by atoms with E-state index in [1.807, 2.05) is 0 Å². The van der Waals surface area contributed by atoms with Crippen molar-refractivity contribution >= 4 is 12.2 Å². The van der Waals surface area contributed by atoms with Gasteiger partial charge < -0.3 is 15.5 Å². The van der Waals surface area contributed by atoms with Gasteiger partial charge in [0.25, 0.3) is 0 Å². The maximum atomic E-state index is 10.8. The minimum Gasteiger partial charge on any atom is -0.390 e. The third kappa shape index (κ3) is 3.90. The minimum atomic E-state index is -1.20. The van der Waals surface area contributed by atoms with E-state index in [1.165, 1.54) is 25.4 Å². The van der Waals surface area contributed by atoms with Gasteiger partial charge in [0.15, 0.2) is 6.29 Å². The molecule has 0 aliphatic carbocycles. The lowest BCUT2D eigenvalue weighted by Crippen LogP contribution is -2.28. The third-order valence-electron chi connectivity index (χ3n) is 2.51. The third-order valence-corrected chi connectivity index (χ3v) is 2.51. The molecule has 2 unspecified atom stereocenters. The molecule has 0 bridgehead atoms. The fraction of sp³-hybridized carbons (Fsp3) is 0.417. The van der Waals surface area contributed by atoms with Crippen LogP contribution in [0.15, 0.2) is 18.5 Å². The van der Waals surface area contributed by atoms with Crippen LogP contribution in [0, 0.1) is 0 Å². The number of hydrogen-bond donors (Lipinski definition) is 3. The Hall–Kier alpha value is -1.79. The minimum absolute atomic E-state index is 0.188. The first kappa shape index (κ1) is 14.3. The number of aromatic nitrogens is 1. The standard InChI is InChI=1S/C12H16N2O4/c1-8(16)14-5-3-11(17)12(18)10-6-13-4-2-9(10)7-15/h2,4,6-7,11-12,17-18H,3,5H2,1H3,(H,14,16). The van der Waals surface area contributed by atoms with Crippen LogP contribution in [-0.4, -0.2) is 40.0 Å². The van der Waals surface area contributed by atoms with Crippen LogP contribution in [0.5, 0.6) is 0 Å². The summed E-state index contributed by atoms with van der Waals surface area (Å²) in [6, 6.07) is 1.46. The number of pyridine rings is 1. The number of amides is 1. The molecule has 0 aliphatic rings. The van der Waals surface area contributed by atoms with Gasteiger partial charge >= 0.3 is 0 Å². The first-order chi connectivity index (χ1) is 8.56. The topological polar surface area (TPSA) is 99.5 Å². The van der Waals surface area contributed by atoms with Crippen molar-refractivity contribution in [3.8, 4) is 0 Å². The molecule has 98 valence electrons. The number of aliphatic hydroxyl groups is 2. The van der Waals surface area contributed by atoms with Crippen molar-refractivity contribution < 1.29 is 19.8 Å². The van der Waals surface area contributed by atoms with Gasteiger partial charge in [-0.25, -0.2) is 0 Å². The molecule has 0 aromatic carbocycles. The van der Waals surface area contributed by atoms with Crippen molar-refractivity contribution in [1.29, 1.82) is 0 Å². The molecule has 1 rings (SSSR count). The average Bonchev–Trinajstić information content (AvgIpc) is 2.37. The molecule has 6 nitrogen and oxygen atoms in total. The number of aliphatic hydroxyl groups excluding tert-OH is 2. The zero-order chi connectivity index (χ0) is 13.5. The Morgan fingerprint density at radius 3 is 2.89 bits per heavy atom. The molecule has 0 fully saturated rings. The highest BCUT2D eigenvalue weighted by molar-refractivity contribution is 5.77. The van der Waals surface area contributed by atoms with Crippen LogP contribution in [0.4, 0.5) is 0 Å². The summed E-state index contributed by atoms with van der Waals surface area (Å²) in [5, 5.41) is 22.2. The van der Waals surface area contributed by atoms with E-state index in [1.54, 1.807) is 0 Å². The smallest absolute Gasteiger partial charge is 0.216 e. The van der Waals surface area contributed by atoms with Crippen molar-refractivity contribution in [3.63, 3.8) is 0 Å². The van der Waals surface area contributed by atoms with Gasteiger partial charge in [0.05, 0.1) is 6.10 Å². The van der Waals surface area contributed by atoms with E-state index in [0.29, 0.717) is 6.29 Å². The van der Waals surface area contributed by atoms with Gasteiger partial charge in [-0.15, -0.1) is 0 Å². The van der Waals surface area contributed by atoms with E-state index in [2.05, 4.69) is 10.3 Å². The van der Waals surface area contributed by atoms with Crippen molar-refractivity contribution in [3.05, 3.63) is 29.6 Å². The van der Waals surface area contributed by atoms with Crippen molar-refractivity contribution in [2.75, 3.05) is 6.54 Å². The number of rotatable bonds is 6. The van der Waals surface area contributed by atoms with E-state index in [4.69, 9.17) is 0 Å². The fourth-order valence-electron chi connectivity index (χ4n) is 1.53. The number of nitrogens with one attached hydrogen (secondary N) is 1. The summed E-state index contributed by atoms with van der Waals surface area (Å²) in [5.74, 6) is -0.202. The molecular weight excluding hydrogens is 236 g/mol. The van der Waals surface area contributed by atoms with Crippen LogP contribution in [0.2, 0.25) is 0 Å². The van der Waals surface area contributed by atoms with Crippen LogP contribution < -0.4 is 5.32 Å². The summed E-state index contributed by atoms with van der Waals surface area (Å²) >= 11 is 0. The average molecular weight is 252 g/mol. The highest BCUT2D eigenvalue weighted by atomic mass is 16.3. The van der Waals surface area contributed by atoms with E-state index in [9.17, 15) is 19.8 Å². The number of hydrogen-bond acceptors (Lipinski definition) is 5. The molecule has 0 saturated heterocycles. The molecule has 1 aromatic heterocycles. The van der Waals surface area contributed by atoms with Crippen molar-refractivity contribution in [2.24, 2.45) is 0 Å². The summed E-state index contributed by atoms with van der Waals surface area (Å²) < 4.78 is 0. The van der Waals surface area contributed by atoms with Crippen molar-refractivity contribution in [2.45, 2.75) is 25.6 Å². The van der Waals surface area contributed by atoms with Gasteiger partial charge in [0.2, 0.25) is 5.91 Å². The number of carbonyl (C=O) groups is 2. The quantitative estimate of drug-likeness (QED) is 0.610. The highest BCUT2D eigenvalue weighted by Crippen LogP contribution is 2.20. The zero-order valence-corrected chi connectivity index (χ0v) is 10.0. The summed E-state index contributed by atoms with van der Waals surface area (Å²) in [4.78, 5) is 25.2. The maximum absolute atomic E-state index is 10.8. The highest BCUT2D eigenvalue weighted by Gasteiger charge is 2.20. The van der Waals surface area contributed by atoms with Crippen LogP contribution in [0.25, 0.3) is 0 Å². The van der Waals surface area contributed by atoms with E-state index >= 15 is 0 Å². The molecule has 2 atom stereocenters. The largest absolute Gasteiger partial charge is 0.390 e. The molecule has 6 heteroatoms. The molecule has 0 radical (unpaired) electrons. The van der Waals surface area contributed by atoms with E-state index in [0.717, 1.165) is 0 Å². The molecule has 0 aliphatic heterocycles. The Balaban J connectivity index is 2.65. The van der Waals surface area contributed by atoms with Crippen LogP contribution in [0.3, 0.4) is 0 Å². The molecule has 18 heavy (non-hydrogen) atoms. The van der Waals surface area contributed by atoms with Gasteiger partial charge in [-0.05, 0) is 12.5 Å². The van der Waals surface area contributed by atoms with Crippen LogP contribution >= 0.6 is 0 Å². The first-order valence-electron chi connectivity index (χ1n) is 5.56. The number of aldehydes is 1. The fourth-order valence-corrected chi connectivity index (χ4v) is 1.53. The Labute approximate surface area is 105 Å². The Morgan fingerprint density at radius 1 is 1.56 bits per heavy atom.